The highest BCUT2D eigenvalue weighted by Gasteiger charge is 2.43. The van der Waals surface area contributed by atoms with Gasteiger partial charge in [-0.05, 0) is 48.7 Å². The Hall–Kier alpha value is -2.34. The second-order valence-electron chi connectivity index (χ2n) is 7.73. The van der Waals surface area contributed by atoms with Crippen molar-refractivity contribution in [1.82, 2.24) is 0 Å². The largest absolute Gasteiger partial charge is 0.311 e. The van der Waals surface area contributed by atoms with Crippen LogP contribution in [0.25, 0.3) is 0 Å². The quantitative estimate of drug-likeness (QED) is 0.895. The molecule has 0 saturated heterocycles. The summed E-state index contributed by atoms with van der Waals surface area (Å²) in [5, 5.41) is 0. The van der Waals surface area contributed by atoms with E-state index in [1.807, 2.05) is 24.8 Å². The topological polar surface area (TPSA) is 66.5 Å². The Kier molecular flexibility index (Phi) is 3.84. The third-order valence-corrected chi connectivity index (χ3v) is 6.45. The molecule has 0 bridgehead atoms. The zero-order chi connectivity index (χ0) is 18.5. The number of rotatable bonds is 4. The number of sulfonamides is 1. The van der Waals surface area contributed by atoms with Gasteiger partial charge in [0.25, 0.3) is 10.0 Å². The summed E-state index contributed by atoms with van der Waals surface area (Å²) in [5.74, 6) is 0.301. The molecule has 1 aliphatic carbocycles. The SMILES string of the molecule is CC1(C)CN(C(=O)C2CC2)c2ccc(S(=O)(=O)Nc3ccccc3)cc21. The molecule has 6 heteroatoms. The summed E-state index contributed by atoms with van der Waals surface area (Å²) >= 11 is 0. The Balaban J connectivity index is 1.69. The number of nitrogens with zero attached hydrogens (tertiary/aromatic N) is 1. The highest BCUT2D eigenvalue weighted by Crippen LogP contribution is 2.44. The zero-order valence-electron chi connectivity index (χ0n) is 14.9. The van der Waals surface area contributed by atoms with E-state index in [1.54, 1.807) is 42.5 Å². The number of hydrogen-bond acceptors (Lipinski definition) is 3. The van der Waals surface area contributed by atoms with Crippen molar-refractivity contribution in [3.05, 3.63) is 54.1 Å². The molecule has 2 aliphatic rings. The maximum absolute atomic E-state index is 12.8. The molecule has 4 rings (SSSR count). The van der Waals surface area contributed by atoms with Gasteiger partial charge in [-0.1, -0.05) is 32.0 Å². The second kappa shape index (κ2) is 5.84. The first-order valence-electron chi connectivity index (χ1n) is 8.82. The summed E-state index contributed by atoms with van der Waals surface area (Å²) in [6.07, 6.45) is 1.91. The predicted octanol–water partition coefficient (Wildman–Crippen LogP) is 3.52. The van der Waals surface area contributed by atoms with Gasteiger partial charge in [0.15, 0.2) is 0 Å². The van der Waals surface area contributed by atoms with E-state index in [9.17, 15) is 13.2 Å². The summed E-state index contributed by atoms with van der Waals surface area (Å²) in [6, 6.07) is 13.9. The van der Waals surface area contributed by atoms with E-state index in [1.165, 1.54) is 0 Å². The fourth-order valence-electron chi connectivity index (χ4n) is 3.49. The van der Waals surface area contributed by atoms with E-state index in [2.05, 4.69) is 4.72 Å². The van der Waals surface area contributed by atoms with Crippen LogP contribution in [0.15, 0.2) is 53.4 Å². The maximum Gasteiger partial charge on any atom is 0.261 e. The van der Waals surface area contributed by atoms with Crippen LogP contribution >= 0.6 is 0 Å². The smallest absolute Gasteiger partial charge is 0.261 e. The molecule has 1 fully saturated rings. The minimum atomic E-state index is -3.68. The molecule has 1 N–H and O–H groups in total. The van der Waals surface area contributed by atoms with Crippen molar-refractivity contribution in [3.63, 3.8) is 0 Å². The molecule has 1 saturated carbocycles. The maximum atomic E-state index is 12.8. The Morgan fingerprint density at radius 3 is 2.46 bits per heavy atom. The molecular weight excluding hydrogens is 348 g/mol. The first-order chi connectivity index (χ1) is 12.3. The van der Waals surface area contributed by atoms with E-state index < -0.39 is 10.0 Å². The molecular formula is C20H22N2O3S. The fraction of sp³-hybridized carbons (Fsp3) is 0.350. The third-order valence-electron chi connectivity index (χ3n) is 5.07. The van der Waals surface area contributed by atoms with Crippen LogP contribution in [0.1, 0.15) is 32.3 Å². The van der Waals surface area contributed by atoms with Gasteiger partial charge >= 0.3 is 0 Å². The van der Waals surface area contributed by atoms with E-state index in [0.717, 1.165) is 24.1 Å². The average Bonchev–Trinajstić information content (AvgIpc) is 3.40. The van der Waals surface area contributed by atoms with Crippen LogP contribution in [-0.2, 0) is 20.2 Å². The number of para-hydroxylation sites is 1. The van der Waals surface area contributed by atoms with Crippen molar-refractivity contribution in [2.45, 2.75) is 37.0 Å². The minimum absolute atomic E-state index is 0.139. The molecule has 1 amide bonds. The Morgan fingerprint density at radius 2 is 1.81 bits per heavy atom. The van der Waals surface area contributed by atoms with E-state index in [-0.39, 0.29) is 22.1 Å². The standard InChI is InChI=1S/C20H22N2O3S/c1-20(2)13-22(19(23)14-8-9-14)18-11-10-16(12-17(18)20)26(24,25)21-15-6-4-3-5-7-15/h3-7,10-12,14,21H,8-9,13H2,1-2H3. The number of amides is 1. The normalized spacial score (nSPS) is 18.5. The van der Waals surface area contributed by atoms with Crippen LogP contribution in [0.2, 0.25) is 0 Å². The van der Waals surface area contributed by atoms with Crippen molar-refractivity contribution in [1.29, 1.82) is 0 Å². The van der Waals surface area contributed by atoms with Crippen LogP contribution in [0.3, 0.4) is 0 Å². The van der Waals surface area contributed by atoms with E-state index >= 15 is 0 Å². The summed E-state index contributed by atoms with van der Waals surface area (Å²) in [4.78, 5) is 14.6. The Bertz CT molecular complexity index is 964. The Labute approximate surface area is 154 Å². The molecule has 0 atom stereocenters. The Morgan fingerprint density at radius 1 is 1.12 bits per heavy atom. The van der Waals surface area contributed by atoms with Crippen molar-refractivity contribution < 1.29 is 13.2 Å². The lowest BCUT2D eigenvalue weighted by Gasteiger charge is -2.20. The molecule has 2 aromatic carbocycles. The molecule has 2 aromatic rings. The number of hydrogen-bond donors (Lipinski definition) is 1. The second-order valence-corrected chi connectivity index (χ2v) is 9.42. The first kappa shape index (κ1) is 17.1. The van der Waals surface area contributed by atoms with Gasteiger partial charge in [-0.3, -0.25) is 9.52 Å². The number of fused-ring (bicyclic) bond motifs is 1. The van der Waals surface area contributed by atoms with E-state index in [0.29, 0.717) is 12.2 Å². The van der Waals surface area contributed by atoms with Gasteiger partial charge in [-0.25, -0.2) is 8.42 Å². The number of anilines is 2. The number of carbonyl (C=O) groups is 1. The first-order valence-corrected chi connectivity index (χ1v) is 10.3. The lowest BCUT2D eigenvalue weighted by molar-refractivity contribution is -0.119. The molecule has 0 unspecified atom stereocenters. The molecule has 1 aliphatic heterocycles. The number of nitrogens with one attached hydrogen (secondary N) is 1. The van der Waals surface area contributed by atoms with Crippen LogP contribution in [-0.4, -0.2) is 20.9 Å². The van der Waals surface area contributed by atoms with Gasteiger partial charge in [-0.2, -0.15) is 0 Å². The third kappa shape index (κ3) is 2.98. The van der Waals surface area contributed by atoms with Crippen molar-refractivity contribution in [3.8, 4) is 0 Å². The molecule has 0 spiro atoms. The van der Waals surface area contributed by atoms with Crippen LogP contribution in [0.4, 0.5) is 11.4 Å². The molecule has 1 heterocycles. The molecule has 26 heavy (non-hydrogen) atoms. The van der Waals surface area contributed by atoms with Crippen LogP contribution in [0.5, 0.6) is 0 Å². The van der Waals surface area contributed by atoms with Gasteiger partial charge in [0.2, 0.25) is 5.91 Å². The average molecular weight is 370 g/mol. The monoisotopic (exact) mass is 370 g/mol. The molecule has 0 aromatic heterocycles. The van der Waals surface area contributed by atoms with Gasteiger partial charge in [0.05, 0.1) is 4.90 Å². The molecule has 136 valence electrons. The highest BCUT2D eigenvalue weighted by atomic mass is 32.2. The van der Waals surface area contributed by atoms with Crippen LogP contribution < -0.4 is 9.62 Å². The number of carbonyl (C=O) groups excluding carboxylic acids is 1. The predicted molar refractivity (Wildman–Crippen MR) is 102 cm³/mol. The lowest BCUT2D eigenvalue weighted by atomic mass is 9.87. The summed E-state index contributed by atoms with van der Waals surface area (Å²) in [7, 11) is -3.68. The van der Waals surface area contributed by atoms with Crippen molar-refractivity contribution in [2.24, 2.45) is 5.92 Å². The summed E-state index contributed by atoms with van der Waals surface area (Å²) < 4.78 is 28.1. The number of benzene rings is 2. The van der Waals surface area contributed by atoms with Crippen molar-refractivity contribution >= 4 is 27.3 Å². The highest BCUT2D eigenvalue weighted by molar-refractivity contribution is 7.92. The summed E-state index contributed by atoms with van der Waals surface area (Å²) in [5.41, 5.74) is 1.99. The van der Waals surface area contributed by atoms with E-state index in [4.69, 9.17) is 0 Å². The van der Waals surface area contributed by atoms with Gasteiger partial charge in [0, 0.05) is 29.3 Å². The van der Waals surface area contributed by atoms with Crippen molar-refractivity contribution in [2.75, 3.05) is 16.2 Å². The molecule has 0 radical (unpaired) electrons. The lowest BCUT2D eigenvalue weighted by Crippen LogP contribution is -2.34. The van der Waals surface area contributed by atoms with Gasteiger partial charge in [0.1, 0.15) is 0 Å². The zero-order valence-corrected chi connectivity index (χ0v) is 15.7. The van der Waals surface area contributed by atoms with Gasteiger partial charge < -0.3 is 4.90 Å². The fourth-order valence-corrected chi connectivity index (χ4v) is 4.58. The van der Waals surface area contributed by atoms with Crippen LogP contribution in [0, 0.1) is 5.92 Å². The van der Waals surface area contributed by atoms with Gasteiger partial charge in [-0.15, -0.1) is 0 Å². The summed E-state index contributed by atoms with van der Waals surface area (Å²) in [6.45, 7) is 4.69. The minimum Gasteiger partial charge on any atom is -0.311 e. The molecule has 5 nitrogen and oxygen atoms in total.